The molecule has 3 N–H and O–H groups in total. The summed E-state index contributed by atoms with van der Waals surface area (Å²) in [7, 11) is 0. The van der Waals surface area contributed by atoms with Crippen molar-refractivity contribution in [2.45, 2.75) is 12.8 Å². The summed E-state index contributed by atoms with van der Waals surface area (Å²) in [5.74, 6) is -0.427. The van der Waals surface area contributed by atoms with Crippen LogP contribution in [0.1, 0.15) is 12.0 Å². The Balaban J connectivity index is 1.62. The second-order valence-corrected chi connectivity index (χ2v) is 5.01. The summed E-state index contributed by atoms with van der Waals surface area (Å²) >= 11 is 0. The zero-order valence-electron chi connectivity index (χ0n) is 11.7. The summed E-state index contributed by atoms with van der Waals surface area (Å²) in [6, 6.07) is 11.2. The van der Waals surface area contributed by atoms with Crippen molar-refractivity contribution in [1.82, 2.24) is 9.97 Å². The van der Waals surface area contributed by atoms with Crippen LogP contribution in [0.2, 0.25) is 0 Å². The van der Waals surface area contributed by atoms with Gasteiger partial charge in [-0.25, -0.2) is 9.18 Å². The maximum absolute atomic E-state index is 12.8. The third-order valence-corrected chi connectivity index (χ3v) is 3.35. The fraction of sp³-hybridized carbons (Fsp3) is 0.125. The van der Waals surface area contributed by atoms with Crippen LogP contribution in [0.3, 0.4) is 0 Å². The Morgan fingerprint density at radius 1 is 1.05 bits per heavy atom. The van der Waals surface area contributed by atoms with E-state index in [1.165, 1.54) is 12.1 Å². The van der Waals surface area contributed by atoms with Gasteiger partial charge < -0.3 is 15.3 Å². The number of aryl methyl sites for hydroxylation is 1. The smallest absolute Gasteiger partial charge is 0.323 e. The quantitative estimate of drug-likeness (QED) is 0.692. The molecule has 0 spiro atoms. The first-order valence-electron chi connectivity index (χ1n) is 6.86. The van der Waals surface area contributed by atoms with E-state index in [9.17, 15) is 14.0 Å². The number of hydrogen-bond donors (Lipinski definition) is 3. The molecule has 2 aromatic carbocycles. The molecular formula is C16H14FN3O2. The van der Waals surface area contributed by atoms with Crippen LogP contribution in [0, 0.1) is 5.82 Å². The van der Waals surface area contributed by atoms with Crippen LogP contribution in [-0.4, -0.2) is 15.9 Å². The molecule has 6 heteroatoms. The molecule has 3 aromatic rings. The van der Waals surface area contributed by atoms with Crippen molar-refractivity contribution in [3.05, 3.63) is 64.3 Å². The van der Waals surface area contributed by atoms with Crippen LogP contribution in [0.15, 0.2) is 47.3 Å². The van der Waals surface area contributed by atoms with Crippen LogP contribution < -0.4 is 11.0 Å². The Hall–Kier alpha value is -2.89. The van der Waals surface area contributed by atoms with Crippen LogP contribution in [0.5, 0.6) is 0 Å². The topological polar surface area (TPSA) is 77.8 Å². The van der Waals surface area contributed by atoms with E-state index in [0.717, 1.165) is 5.56 Å². The molecule has 1 amide bonds. The molecule has 1 aromatic heterocycles. The lowest BCUT2D eigenvalue weighted by atomic mass is 10.1. The molecule has 0 atom stereocenters. The van der Waals surface area contributed by atoms with E-state index < -0.39 is 0 Å². The van der Waals surface area contributed by atoms with Gasteiger partial charge in [-0.1, -0.05) is 12.1 Å². The molecule has 5 nitrogen and oxygen atoms in total. The highest BCUT2D eigenvalue weighted by atomic mass is 19.1. The van der Waals surface area contributed by atoms with E-state index >= 15 is 0 Å². The Labute approximate surface area is 125 Å². The number of carbonyl (C=O) groups excluding carboxylic acids is 1. The van der Waals surface area contributed by atoms with Gasteiger partial charge in [-0.15, -0.1) is 0 Å². The van der Waals surface area contributed by atoms with Crippen molar-refractivity contribution >= 4 is 22.6 Å². The van der Waals surface area contributed by atoms with Gasteiger partial charge in [0, 0.05) is 12.1 Å². The minimum Gasteiger partial charge on any atom is -0.326 e. The molecule has 0 unspecified atom stereocenters. The summed E-state index contributed by atoms with van der Waals surface area (Å²) in [6.45, 7) is 0. The minimum absolute atomic E-state index is 0.137. The van der Waals surface area contributed by atoms with Gasteiger partial charge in [-0.2, -0.15) is 0 Å². The fourth-order valence-electron chi connectivity index (χ4n) is 2.24. The van der Waals surface area contributed by atoms with Gasteiger partial charge in [0.15, 0.2) is 0 Å². The third-order valence-electron chi connectivity index (χ3n) is 3.35. The number of carbonyl (C=O) groups is 1. The Bertz CT molecular complexity index is 865. The highest BCUT2D eigenvalue weighted by molar-refractivity contribution is 5.93. The lowest BCUT2D eigenvalue weighted by Gasteiger charge is -2.05. The van der Waals surface area contributed by atoms with Crippen LogP contribution in [0.4, 0.5) is 10.1 Å². The number of hydrogen-bond acceptors (Lipinski definition) is 2. The number of aromatic amines is 2. The predicted molar refractivity (Wildman–Crippen MR) is 82.3 cm³/mol. The van der Waals surface area contributed by atoms with Gasteiger partial charge in [-0.3, -0.25) is 4.79 Å². The van der Waals surface area contributed by atoms with Crippen molar-refractivity contribution in [3.8, 4) is 0 Å². The minimum atomic E-state index is -0.290. The molecule has 0 aliphatic heterocycles. The number of benzene rings is 2. The number of aromatic nitrogens is 2. The van der Waals surface area contributed by atoms with Crippen LogP contribution >= 0.6 is 0 Å². The lowest BCUT2D eigenvalue weighted by molar-refractivity contribution is -0.116. The molecule has 3 rings (SSSR count). The number of rotatable bonds is 4. The second kappa shape index (κ2) is 5.85. The van der Waals surface area contributed by atoms with Crippen molar-refractivity contribution in [2.75, 3.05) is 5.32 Å². The van der Waals surface area contributed by atoms with Gasteiger partial charge in [0.25, 0.3) is 0 Å². The molecule has 0 fully saturated rings. The molecule has 0 radical (unpaired) electrons. The first-order chi connectivity index (χ1) is 10.6. The number of imidazole rings is 1. The lowest BCUT2D eigenvalue weighted by Crippen LogP contribution is -2.12. The third kappa shape index (κ3) is 3.22. The van der Waals surface area contributed by atoms with E-state index in [1.54, 1.807) is 30.3 Å². The number of halogens is 1. The molecule has 0 saturated carbocycles. The maximum atomic E-state index is 12.8. The van der Waals surface area contributed by atoms with Gasteiger partial charge in [0.1, 0.15) is 5.82 Å². The zero-order chi connectivity index (χ0) is 15.5. The first-order valence-corrected chi connectivity index (χ1v) is 6.86. The Kier molecular flexibility index (Phi) is 3.74. The van der Waals surface area contributed by atoms with Crippen molar-refractivity contribution in [1.29, 1.82) is 0 Å². The normalized spacial score (nSPS) is 10.8. The van der Waals surface area contributed by atoms with Crippen LogP contribution in [-0.2, 0) is 11.2 Å². The molecule has 0 saturated heterocycles. The molecule has 22 heavy (non-hydrogen) atoms. The van der Waals surface area contributed by atoms with Crippen molar-refractivity contribution in [2.24, 2.45) is 0 Å². The monoisotopic (exact) mass is 299 g/mol. The highest BCUT2D eigenvalue weighted by Crippen LogP contribution is 2.15. The highest BCUT2D eigenvalue weighted by Gasteiger charge is 2.05. The average Bonchev–Trinajstić information content (AvgIpc) is 2.86. The van der Waals surface area contributed by atoms with Crippen LogP contribution in [0.25, 0.3) is 11.0 Å². The van der Waals surface area contributed by atoms with Crippen molar-refractivity contribution < 1.29 is 9.18 Å². The van der Waals surface area contributed by atoms with E-state index in [2.05, 4.69) is 15.3 Å². The molecular weight excluding hydrogens is 285 g/mol. The average molecular weight is 299 g/mol. The standard InChI is InChI=1S/C16H14FN3O2/c17-11-4-1-10(2-5-11)3-8-15(21)18-12-6-7-13-14(9-12)20-16(22)19-13/h1-2,4-7,9H,3,8H2,(H,18,21)(H2,19,20,22). The molecule has 0 bridgehead atoms. The summed E-state index contributed by atoms with van der Waals surface area (Å²) < 4.78 is 12.8. The summed E-state index contributed by atoms with van der Waals surface area (Å²) in [5.41, 5.74) is 2.57. The van der Waals surface area contributed by atoms with E-state index in [-0.39, 0.29) is 17.4 Å². The zero-order valence-corrected chi connectivity index (χ0v) is 11.7. The first kappa shape index (κ1) is 14.1. The number of nitrogens with one attached hydrogen (secondary N) is 3. The van der Waals surface area contributed by atoms with Gasteiger partial charge in [0.2, 0.25) is 5.91 Å². The van der Waals surface area contributed by atoms with Crippen molar-refractivity contribution in [3.63, 3.8) is 0 Å². The van der Waals surface area contributed by atoms with E-state index in [1.807, 2.05) is 0 Å². The van der Waals surface area contributed by atoms with E-state index in [4.69, 9.17) is 0 Å². The number of fused-ring (bicyclic) bond motifs is 1. The summed E-state index contributed by atoms with van der Waals surface area (Å²) in [5, 5.41) is 2.78. The summed E-state index contributed by atoms with van der Waals surface area (Å²) in [6.07, 6.45) is 0.836. The molecule has 1 heterocycles. The van der Waals surface area contributed by atoms with Gasteiger partial charge in [0.05, 0.1) is 11.0 Å². The second-order valence-electron chi connectivity index (χ2n) is 5.01. The molecule has 0 aliphatic carbocycles. The number of amides is 1. The Morgan fingerprint density at radius 3 is 2.55 bits per heavy atom. The fourth-order valence-corrected chi connectivity index (χ4v) is 2.24. The largest absolute Gasteiger partial charge is 0.326 e. The van der Waals surface area contributed by atoms with Gasteiger partial charge >= 0.3 is 5.69 Å². The maximum Gasteiger partial charge on any atom is 0.323 e. The van der Waals surface area contributed by atoms with E-state index in [0.29, 0.717) is 29.6 Å². The molecule has 0 aliphatic rings. The Morgan fingerprint density at radius 2 is 1.77 bits per heavy atom. The predicted octanol–water partition coefficient (Wildman–Crippen LogP) is 2.57. The number of anilines is 1. The van der Waals surface area contributed by atoms with Gasteiger partial charge in [-0.05, 0) is 42.3 Å². The summed E-state index contributed by atoms with van der Waals surface area (Å²) in [4.78, 5) is 28.4. The SMILES string of the molecule is O=C(CCc1ccc(F)cc1)Nc1ccc2[nH]c(=O)[nH]c2c1. The molecule has 112 valence electrons. The number of H-pyrrole nitrogens is 2.